The van der Waals surface area contributed by atoms with Crippen LogP contribution < -0.4 is 10.2 Å². The van der Waals surface area contributed by atoms with Gasteiger partial charge in [-0.05, 0) is 39.5 Å². The molecule has 0 unspecified atom stereocenters. The second kappa shape index (κ2) is 5.55. The van der Waals surface area contributed by atoms with E-state index in [9.17, 15) is 0 Å². The second-order valence-electron chi connectivity index (χ2n) is 5.19. The molecule has 1 aliphatic rings. The lowest BCUT2D eigenvalue weighted by Crippen LogP contribution is -2.38. The van der Waals surface area contributed by atoms with Crippen molar-refractivity contribution in [2.75, 3.05) is 23.8 Å². The van der Waals surface area contributed by atoms with E-state index in [1.54, 1.807) is 0 Å². The van der Waals surface area contributed by atoms with E-state index in [2.05, 4.69) is 41.1 Å². The van der Waals surface area contributed by atoms with Crippen molar-refractivity contribution in [3.8, 4) is 0 Å². The van der Waals surface area contributed by atoms with Gasteiger partial charge in [-0.3, -0.25) is 0 Å². The summed E-state index contributed by atoms with van der Waals surface area (Å²) in [5.74, 6) is 2.93. The minimum absolute atomic E-state index is 0.664. The molecule has 4 heteroatoms. The van der Waals surface area contributed by atoms with E-state index in [-0.39, 0.29) is 0 Å². The Labute approximate surface area is 110 Å². The molecule has 1 heterocycles. The molecule has 0 bridgehead atoms. The van der Waals surface area contributed by atoms with Crippen LogP contribution in [0, 0.1) is 13.8 Å². The number of rotatable bonds is 5. The third kappa shape index (κ3) is 2.57. The zero-order valence-corrected chi connectivity index (χ0v) is 12.0. The number of hydrogen-bond acceptors (Lipinski definition) is 4. The van der Waals surface area contributed by atoms with Crippen molar-refractivity contribution in [1.82, 2.24) is 9.97 Å². The highest BCUT2D eigenvalue weighted by molar-refractivity contribution is 5.58. The highest BCUT2D eigenvalue weighted by atomic mass is 15.2. The van der Waals surface area contributed by atoms with Crippen LogP contribution in [0.3, 0.4) is 0 Å². The van der Waals surface area contributed by atoms with Crippen LogP contribution in [0.5, 0.6) is 0 Å². The molecule has 0 aliphatic heterocycles. The van der Waals surface area contributed by atoms with Crippen LogP contribution in [0.25, 0.3) is 0 Å². The highest BCUT2D eigenvalue weighted by Gasteiger charge is 2.25. The molecule has 0 radical (unpaired) electrons. The number of anilines is 2. The van der Waals surface area contributed by atoms with Crippen molar-refractivity contribution in [2.24, 2.45) is 0 Å². The maximum atomic E-state index is 4.62. The molecule has 0 amide bonds. The van der Waals surface area contributed by atoms with Crippen molar-refractivity contribution in [3.63, 3.8) is 0 Å². The van der Waals surface area contributed by atoms with Crippen molar-refractivity contribution in [2.45, 2.75) is 52.5 Å². The largest absolute Gasteiger partial charge is 0.370 e. The molecule has 4 nitrogen and oxygen atoms in total. The average Bonchev–Trinajstić information content (AvgIpc) is 2.27. The summed E-state index contributed by atoms with van der Waals surface area (Å²) < 4.78 is 0. The monoisotopic (exact) mass is 248 g/mol. The fourth-order valence-corrected chi connectivity index (χ4v) is 2.32. The van der Waals surface area contributed by atoms with Crippen LogP contribution in [0.2, 0.25) is 0 Å². The molecule has 1 aromatic heterocycles. The maximum Gasteiger partial charge on any atom is 0.137 e. The number of aryl methyl sites for hydroxylation is 1. The summed E-state index contributed by atoms with van der Waals surface area (Å²) in [5, 5.41) is 3.40. The van der Waals surface area contributed by atoms with E-state index in [4.69, 9.17) is 0 Å². The molecule has 0 atom stereocenters. The van der Waals surface area contributed by atoms with Crippen molar-refractivity contribution < 1.29 is 0 Å². The Bertz CT molecular complexity index is 413. The normalized spacial score (nSPS) is 15.3. The summed E-state index contributed by atoms with van der Waals surface area (Å²) >= 11 is 0. The van der Waals surface area contributed by atoms with Gasteiger partial charge in [-0.1, -0.05) is 6.92 Å². The fourth-order valence-electron chi connectivity index (χ4n) is 2.32. The molecule has 2 rings (SSSR count). The van der Waals surface area contributed by atoms with Gasteiger partial charge in [-0.2, -0.15) is 0 Å². The number of hydrogen-bond donors (Lipinski definition) is 1. The molecule has 1 saturated carbocycles. The quantitative estimate of drug-likeness (QED) is 0.870. The van der Waals surface area contributed by atoms with Crippen LogP contribution in [0.15, 0.2) is 0 Å². The second-order valence-corrected chi connectivity index (χ2v) is 5.19. The Balaban J connectivity index is 2.25. The summed E-state index contributed by atoms with van der Waals surface area (Å²) in [6.45, 7) is 7.21. The maximum absolute atomic E-state index is 4.62. The lowest BCUT2D eigenvalue weighted by molar-refractivity contribution is 0.398. The van der Waals surface area contributed by atoms with Crippen LogP contribution in [-0.2, 0) is 0 Å². The van der Waals surface area contributed by atoms with Crippen molar-refractivity contribution >= 4 is 11.6 Å². The van der Waals surface area contributed by atoms with Gasteiger partial charge in [0.25, 0.3) is 0 Å². The van der Waals surface area contributed by atoms with Gasteiger partial charge < -0.3 is 10.2 Å². The van der Waals surface area contributed by atoms with E-state index in [1.807, 2.05) is 6.92 Å². The minimum Gasteiger partial charge on any atom is -0.370 e. The third-order valence-corrected chi connectivity index (χ3v) is 3.73. The average molecular weight is 248 g/mol. The lowest BCUT2D eigenvalue weighted by Gasteiger charge is -2.36. The Morgan fingerprint density at radius 3 is 2.56 bits per heavy atom. The van der Waals surface area contributed by atoms with E-state index in [0.29, 0.717) is 6.04 Å². The van der Waals surface area contributed by atoms with Gasteiger partial charge >= 0.3 is 0 Å². The smallest absolute Gasteiger partial charge is 0.137 e. The van der Waals surface area contributed by atoms with Gasteiger partial charge in [0.05, 0.1) is 0 Å². The summed E-state index contributed by atoms with van der Waals surface area (Å²) in [4.78, 5) is 11.5. The van der Waals surface area contributed by atoms with Crippen LogP contribution in [0.4, 0.5) is 11.6 Å². The van der Waals surface area contributed by atoms with Crippen LogP contribution in [0.1, 0.15) is 44.0 Å². The Hall–Kier alpha value is -1.32. The van der Waals surface area contributed by atoms with E-state index in [0.717, 1.165) is 30.4 Å². The van der Waals surface area contributed by atoms with Gasteiger partial charge in [0.2, 0.25) is 0 Å². The number of aromatic nitrogens is 2. The molecular formula is C14H24N4. The SMILES string of the molecule is CCCNc1nc(C)nc(N(C)C2CCC2)c1C. The summed E-state index contributed by atoms with van der Waals surface area (Å²) in [6.07, 6.45) is 5.03. The third-order valence-electron chi connectivity index (χ3n) is 3.73. The molecule has 18 heavy (non-hydrogen) atoms. The first-order valence-electron chi connectivity index (χ1n) is 6.95. The molecule has 0 aromatic carbocycles. The van der Waals surface area contributed by atoms with Crippen LogP contribution >= 0.6 is 0 Å². The molecule has 1 N–H and O–H groups in total. The predicted molar refractivity (Wildman–Crippen MR) is 76.3 cm³/mol. The lowest BCUT2D eigenvalue weighted by atomic mass is 9.92. The van der Waals surface area contributed by atoms with Gasteiger partial charge in [-0.25, -0.2) is 9.97 Å². The molecule has 1 aromatic rings. The minimum atomic E-state index is 0.664. The Morgan fingerprint density at radius 2 is 2.00 bits per heavy atom. The molecule has 0 saturated heterocycles. The summed E-state index contributed by atoms with van der Waals surface area (Å²) in [6, 6.07) is 0.664. The van der Waals surface area contributed by atoms with Crippen molar-refractivity contribution in [1.29, 1.82) is 0 Å². The molecule has 0 spiro atoms. The number of nitrogens with one attached hydrogen (secondary N) is 1. The Kier molecular flexibility index (Phi) is 4.04. The molecule has 100 valence electrons. The van der Waals surface area contributed by atoms with Gasteiger partial charge in [0.15, 0.2) is 0 Å². The summed E-state index contributed by atoms with van der Waals surface area (Å²) in [5.41, 5.74) is 1.17. The Morgan fingerprint density at radius 1 is 1.28 bits per heavy atom. The topological polar surface area (TPSA) is 41.1 Å². The van der Waals surface area contributed by atoms with Gasteiger partial charge in [-0.15, -0.1) is 0 Å². The van der Waals surface area contributed by atoms with E-state index < -0.39 is 0 Å². The standard InChI is InChI=1S/C14H24N4/c1-5-9-15-13-10(2)14(17-11(3)16-13)18(4)12-7-6-8-12/h12H,5-9H2,1-4H3,(H,15,16,17). The predicted octanol–water partition coefficient (Wildman–Crippen LogP) is 2.90. The highest BCUT2D eigenvalue weighted by Crippen LogP contribution is 2.30. The first-order valence-corrected chi connectivity index (χ1v) is 6.95. The molecule has 1 aliphatic carbocycles. The van der Waals surface area contributed by atoms with Crippen LogP contribution in [-0.4, -0.2) is 29.6 Å². The fraction of sp³-hybridized carbons (Fsp3) is 0.714. The summed E-state index contributed by atoms with van der Waals surface area (Å²) in [7, 11) is 2.15. The van der Waals surface area contributed by atoms with Crippen molar-refractivity contribution in [3.05, 3.63) is 11.4 Å². The zero-order chi connectivity index (χ0) is 13.1. The van der Waals surface area contributed by atoms with Gasteiger partial charge in [0, 0.05) is 25.2 Å². The van der Waals surface area contributed by atoms with E-state index >= 15 is 0 Å². The number of nitrogens with zero attached hydrogens (tertiary/aromatic N) is 3. The zero-order valence-electron chi connectivity index (χ0n) is 12.0. The molecular weight excluding hydrogens is 224 g/mol. The first-order chi connectivity index (χ1) is 8.63. The molecule has 1 fully saturated rings. The van der Waals surface area contributed by atoms with E-state index in [1.165, 1.54) is 24.8 Å². The van der Waals surface area contributed by atoms with Gasteiger partial charge in [0.1, 0.15) is 17.5 Å². The first kappa shape index (κ1) is 13.1.